The summed E-state index contributed by atoms with van der Waals surface area (Å²) in [4.78, 5) is 11.8. The van der Waals surface area contributed by atoms with E-state index in [0.29, 0.717) is 11.4 Å². The Hall–Kier alpha value is -3.30. The Morgan fingerprint density at radius 3 is 1.80 bits per heavy atom. The van der Waals surface area contributed by atoms with Crippen LogP contribution >= 0.6 is 0 Å². The highest BCUT2D eigenvalue weighted by Crippen LogP contribution is 2.00. The summed E-state index contributed by atoms with van der Waals surface area (Å²) >= 11 is 0. The molecule has 0 bridgehead atoms. The topological polar surface area (TPSA) is 98.3 Å². The number of ether oxygens (including phenoxy) is 2. The van der Waals surface area contributed by atoms with Gasteiger partial charge in [0.05, 0.1) is 5.69 Å². The van der Waals surface area contributed by atoms with Gasteiger partial charge < -0.3 is 14.4 Å². The first kappa shape index (κ1) is 26.7. The Labute approximate surface area is 179 Å². The third kappa shape index (κ3) is 12.2. The van der Waals surface area contributed by atoms with Crippen molar-refractivity contribution in [2.75, 3.05) is 42.4 Å². The summed E-state index contributed by atoms with van der Waals surface area (Å²) in [5.74, 6) is 0. The van der Waals surface area contributed by atoms with E-state index in [0.717, 1.165) is 11.4 Å². The number of nitrogens with zero attached hydrogens (tertiary/aromatic N) is 6. The molecule has 0 N–H and O–H groups in total. The number of pyridine rings is 2. The molecule has 0 saturated carbocycles. The Morgan fingerprint density at radius 2 is 1.43 bits per heavy atom. The number of rotatable bonds is 5. The van der Waals surface area contributed by atoms with E-state index in [1.54, 1.807) is 26.4 Å². The standard InChI is InChI=1S/C10H11N3.C7H6N2.C5H13NO2/c1-13(2)7-6-9-4-3-5-10(8-11)12-9;1-6-3-2-4-7(5-8)9-6;1-6(2)5(7-3)8-4/h3-7H,1-2H3;2-4H,1H3;5H,1-4H3/b7-6+;;. The van der Waals surface area contributed by atoms with Gasteiger partial charge >= 0.3 is 0 Å². The maximum absolute atomic E-state index is 8.59. The van der Waals surface area contributed by atoms with E-state index in [-0.39, 0.29) is 6.41 Å². The largest absolute Gasteiger partial charge is 0.383 e. The predicted molar refractivity (Wildman–Crippen MR) is 117 cm³/mol. The van der Waals surface area contributed by atoms with E-state index in [2.05, 4.69) is 9.97 Å². The van der Waals surface area contributed by atoms with Crippen LogP contribution in [0.25, 0.3) is 6.08 Å². The van der Waals surface area contributed by atoms with Gasteiger partial charge in [-0.3, -0.25) is 4.90 Å². The van der Waals surface area contributed by atoms with E-state index >= 15 is 0 Å². The summed E-state index contributed by atoms with van der Waals surface area (Å²) < 4.78 is 9.73. The molecule has 8 nitrogen and oxygen atoms in total. The van der Waals surface area contributed by atoms with Crippen molar-refractivity contribution in [1.82, 2.24) is 19.8 Å². The Kier molecular flexibility index (Phi) is 13.9. The molecule has 0 unspecified atom stereocenters. The van der Waals surface area contributed by atoms with Crippen LogP contribution in [0, 0.1) is 29.6 Å². The molecule has 0 aliphatic heterocycles. The van der Waals surface area contributed by atoms with Gasteiger partial charge in [-0.05, 0) is 51.4 Å². The summed E-state index contributed by atoms with van der Waals surface area (Å²) in [6.45, 7) is 1.86. The Balaban J connectivity index is 0.000000438. The molecule has 160 valence electrons. The van der Waals surface area contributed by atoms with Crippen molar-refractivity contribution in [2.45, 2.75) is 13.3 Å². The highest BCUT2D eigenvalue weighted by Gasteiger charge is 2.04. The van der Waals surface area contributed by atoms with E-state index in [1.165, 1.54) is 0 Å². The molecule has 8 heteroatoms. The highest BCUT2D eigenvalue weighted by atomic mass is 16.7. The fourth-order valence-electron chi connectivity index (χ4n) is 1.96. The molecule has 0 aromatic carbocycles. The first-order valence-corrected chi connectivity index (χ1v) is 9.04. The fourth-order valence-corrected chi connectivity index (χ4v) is 1.96. The lowest BCUT2D eigenvalue weighted by Gasteiger charge is -2.19. The monoisotopic (exact) mass is 410 g/mol. The lowest BCUT2D eigenvalue weighted by Crippen LogP contribution is -2.30. The van der Waals surface area contributed by atoms with Crippen LogP contribution in [0.1, 0.15) is 22.8 Å². The molecule has 0 amide bonds. The summed E-state index contributed by atoms with van der Waals surface area (Å²) in [7, 11) is 10.9. The third-order valence-electron chi connectivity index (χ3n) is 3.26. The zero-order chi connectivity index (χ0) is 22.9. The van der Waals surface area contributed by atoms with Gasteiger partial charge in [0.15, 0.2) is 0 Å². The SMILES string of the molecule is CN(C)/C=C/c1cccc(C#N)n1.COC(OC)N(C)C.Cc1cccc(C#N)n1. The number of aromatic nitrogens is 2. The van der Waals surface area contributed by atoms with Crippen molar-refractivity contribution >= 4 is 6.08 Å². The second-order valence-corrected chi connectivity index (χ2v) is 6.36. The maximum Gasteiger partial charge on any atom is 0.217 e. The van der Waals surface area contributed by atoms with Gasteiger partial charge in [0.2, 0.25) is 6.41 Å². The van der Waals surface area contributed by atoms with Crippen LogP contribution in [0.4, 0.5) is 0 Å². The molecular formula is C22H30N6O2. The predicted octanol–water partition coefficient (Wildman–Crippen LogP) is 2.87. The van der Waals surface area contributed by atoms with Gasteiger partial charge in [-0.2, -0.15) is 10.5 Å². The van der Waals surface area contributed by atoms with Crippen molar-refractivity contribution in [3.8, 4) is 12.1 Å². The van der Waals surface area contributed by atoms with Gasteiger partial charge in [0.1, 0.15) is 23.5 Å². The first-order chi connectivity index (χ1) is 14.3. The van der Waals surface area contributed by atoms with Crippen molar-refractivity contribution in [2.24, 2.45) is 0 Å². The molecular weight excluding hydrogens is 380 g/mol. The van der Waals surface area contributed by atoms with Crippen molar-refractivity contribution < 1.29 is 9.47 Å². The smallest absolute Gasteiger partial charge is 0.217 e. The quantitative estimate of drug-likeness (QED) is 0.694. The number of hydrogen-bond donors (Lipinski definition) is 0. The molecule has 2 heterocycles. The molecule has 0 atom stereocenters. The van der Waals surface area contributed by atoms with Gasteiger partial charge in [0, 0.05) is 40.2 Å². The molecule has 0 saturated heterocycles. The van der Waals surface area contributed by atoms with Crippen LogP contribution in [0.5, 0.6) is 0 Å². The van der Waals surface area contributed by atoms with Gasteiger partial charge in [0.25, 0.3) is 0 Å². The second-order valence-electron chi connectivity index (χ2n) is 6.36. The van der Waals surface area contributed by atoms with E-state index < -0.39 is 0 Å². The first-order valence-electron chi connectivity index (χ1n) is 9.04. The molecule has 0 fully saturated rings. The average Bonchev–Trinajstić information content (AvgIpc) is 2.74. The molecule has 0 radical (unpaired) electrons. The summed E-state index contributed by atoms with van der Waals surface area (Å²) in [5.41, 5.74) is 2.61. The summed E-state index contributed by atoms with van der Waals surface area (Å²) in [6, 6.07) is 14.7. The molecule has 0 aliphatic rings. The van der Waals surface area contributed by atoms with E-state index in [1.807, 2.05) is 93.6 Å². The Bertz CT molecular complexity index is 849. The fraction of sp³-hybridized carbons (Fsp3) is 0.364. The molecule has 30 heavy (non-hydrogen) atoms. The number of nitriles is 2. The van der Waals surface area contributed by atoms with Crippen LogP contribution in [0.15, 0.2) is 42.6 Å². The van der Waals surface area contributed by atoms with E-state index in [4.69, 9.17) is 20.0 Å². The normalized spacial score (nSPS) is 9.83. The van der Waals surface area contributed by atoms with E-state index in [9.17, 15) is 0 Å². The lowest BCUT2D eigenvalue weighted by molar-refractivity contribution is -0.179. The maximum atomic E-state index is 8.59. The summed E-state index contributed by atoms with van der Waals surface area (Å²) in [6.07, 6.45) is 3.54. The zero-order valence-electron chi connectivity index (χ0n) is 18.7. The molecule has 2 aromatic heterocycles. The van der Waals surface area contributed by atoms with Crippen molar-refractivity contribution in [3.63, 3.8) is 0 Å². The van der Waals surface area contributed by atoms with Crippen molar-refractivity contribution in [1.29, 1.82) is 10.5 Å². The molecule has 2 rings (SSSR count). The minimum atomic E-state index is -0.213. The minimum absolute atomic E-state index is 0.213. The third-order valence-corrected chi connectivity index (χ3v) is 3.26. The number of methoxy groups -OCH3 is 2. The average molecular weight is 411 g/mol. The van der Waals surface area contributed by atoms with Gasteiger partial charge in [-0.1, -0.05) is 12.1 Å². The minimum Gasteiger partial charge on any atom is -0.383 e. The van der Waals surface area contributed by atoms with Gasteiger partial charge in [-0.15, -0.1) is 0 Å². The number of hydrogen-bond acceptors (Lipinski definition) is 8. The van der Waals surface area contributed by atoms with Crippen LogP contribution in [0.3, 0.4) is 0 Å². The summed E-state index contributed by atoms with van der Waals surface area (Å²) in [5, 5.41) is 16.9. The Morgan fingerprint density at radius 1 is 0.900 bits per heavy atom. The van der Waals surface area contributed by atoms with Crippen LogP contribution < -0.4 is 0 Å². The molecule has 0 aliphatic carbocycles. The number of aryl methyl sites for hydroxylation is 1. The van der Waals surface area contributed by atoms with Gasteiger partial charge in [-0.25, -0.2) is 9.97 Å². The molecule has 0 spiro atoms. The van der Waals surface area contributed by atoms with Crippen molar-refractivity contribution in [3.05, 3.63) is 65.4 Å². The highest BCUT2D eigenvalue weighted by molar-refractivity contribution is 5.45. The molecule has 2 aromatic rings. The lowest BCUT2D eigenvalue weighted by atomic mass is 10.3. The van der Waals surface area contributed by atoms with Crippen LogP contribution in [-0.4, -0.2) is 68.6 Å². The zero-order valence-corrected chi connectivity index (χ0v) is 18.7. The van der Waals surface area contributed by atoms with Crippen LogP contribution in [-0.2, 0) is 9.47 Å². The van der Waals surface area contributed by atoms with Crippen LogP contribution in [0.2, 0.25) is 0 Å². The second kappa shape index (κ2) is 15.6.